The van der Waals surface area contributed by atoms with Crippen LogP contribution in [0.3, 0.4) is 0 Å². The summed E-state index contributed by atoms with van der Waals surface area (Å²) in [5, 5.41) is 0. The maximum absolute atomic E-state index is 12.7. The highest BCUT2D eigenvalue weighted by Crippen LogP contribution is 2.29. The summed E-state index contributed by atoms with van der Waals surface area (Å²) in [6.45, 7) is 4.26. The molecule has 2 N–H and O–H groups in total. The number of amides is 1. The van der Waals surface area contributed by atoms with Gasteiger partial charge >= 0.3 is 0 Å². The van der Waals surface area contributed by atoms with Crippen molar-refractivity contribution >= 4 is 11.6 Å². The van der Waals surface area contributed by atoms with Crippen molar-refractivity contribution < 1.29 is 9.53 Å². The first-order valence-electron chi connectivity index (χ1n) is 7.47. The van der Waals surface area contributed by atoms with Gasteiger partial charge in [0.05, 0.1) is 12.0 Å². The lowest BCUT2D eigenvalue weighted by Gasteiger charge is -2.32. The number of rotatable bonds is 2. The number of nitrogens with zero attached hydrogens (tertiary/aromatic N) is 1. The summed E-state index contributed by atoms with van der Waals surface area (Å²) in [4.78, 5) is 14.7. The molecule has 0 bridgehead atoms. The molecule has 2 aliphatic heterocycles. The molecule has 2 heterocycles. The third kappa shape index (κ3) is 2.29. The minimum absolute atomic E-state index is 0.0441. The second-order valence-corrected chi connectivity index (χ2v) is 5.71. The van der Waals surface area contributed by atoms with E-state index in [2.05, 4.69) is 13.0 Å². The van der Waals surface area contributed by atoms with Crippen molar-refractivity contribution in [2.75, 3.05) is 18.9 Å². The molecule has 2 atom stereocenters. The second kappa shape index (κ2) is 5.44. The van der Waals surface area contributed by atoms with Crippen LogP contribution < -0.4 is 5.73 Å². The van der Waals surface area contributed by atoms with Crippen molar-refractivity contribution in [1.29, 1.82) is 0 Å². The maximum atomic E-state index is 12.7. The summed E-state index contributed by atoms with van der Waals surface area (Å²) in [5.41, 5.74) is 9.26. The molecule has 108 valence electrons. The molecule has 1 saturated heterocycles. The Labute approximate surface area is 119 Å². The van der Waals surface area contributed by atoms with Crippen molar-refractivity contribution in [3.05, 3.63) is 29.3 Å². The van der Waals surface area contributed by atoms with E-state index in [1.54, 1.807) is 0 Å². The number of hydrogen-bond acceptors (Lipinski definition) is 3. The number of nitrogen functional groups attached to an aromatic ring is 1. The highest BCUT2D eigenvalue weighted by molar-refractivity contribution is 5.80. The number of nitrogens with two attached hydrogens (primary N) is 1. The lowest BCUT2D eigenvalue weighted by molar-refractivity contribution is -0.138. The molecule has 1 aromatic rings. The van der Waals surface area contributed by atoms with Crippen LogP contribution in [-0.2, 0) is 22.5 Å². The third-order valence-corrected chi connectivity index (χ3v) is 4.54. The van der Waals surface area contributed by atoms with Crippen molar-refractivity contribution in [2.45, 2.75) is 38.8 Å². The lowest BCUT2D eigenvalue weighted by Crippen LogP contribution is -2.42. The number of hydrogen-bond donors (Lipinski definition) is 1. The van der Waals surface area contributed by atoms with Crippen LogP contribution >= 0.6 is 0 Å². The van der Waals surface area contributed by atoms with E-state index in [0.29, 0.717) is 13.2 Å². The van der Waals surface area contributed by atoms with Gasteiger partial charge in [0, 0.05) is 25.4 Å². The molecule has 0 aromatic heterocycles. The average Bonchev–Trinajstić information content (AvgIpc) is 2.95. The molecule has 1 fully saturated rings. The van der Waals surface area contributed by atoms with Crippen LogP contribution in [0, 0.1) is 5.92 Å². The standard InChI is InChI=1S/C16H22N2O2/c1-2-15-13(7-9-20-15)16(19)18-8-6-12-11(10-18)4-3-5-14(12)17/h3-5,13,15H,2,6-10,17H2,1H3. The fourth-order valence-electron chi connectivity index (χ4n) is 3.39. The predicted octanol–water partition coefficient (Wildman–Crippen LogP) is 1.97. The van der Waals surface area contributed by atoms with Gasteiger partial charge < -0.3 is 15.4 Å². The van der Waals surface area contributed by atoms with Gasteiger partial charge in [-0.2, -0.15) is 0 Å². The van der Waals surface area contributed by atoms with Crippen LogP contribution in [-0.4, -0.2) is 30.1 Å². The van der Waals surface area contributed by atoms with E-state index < -0.39 is 0 Å². The second-order valence-electron chi connectivity index (χ2n) is 5.71. The van der Waals surface area contributed by atoms with Gasteiger partial charge in [-0.1, -0.05) is 19.1 Å². The number of carbonyl (C=O) groups excluding carboxylic acids is 1. The van der Waals surface area contributed by atoms with E-state index in [4.69, 9.17) is 10.5 Å². The number of anilines is 1. The van der Waals surface area contributed by atoms with Crippen LogP contribution in [0.1, 0.15) is 30.9 Å². The first kappa shape index (κ1) is 13.4. The largest absolute Gasteiger partial charge is 0.398 e. The Morgan fingerprint density at radius 1 is 1.50 bits per heavy atom. The smallest absolute Gasteiger partial charge is 0.228 e. The molecule has 0 saturated carbocycles. The SMILES string of the molecule is CCC1OCCC1C(=O)N1CCc2c(N)cccc2C1. The van der Waals surface area contributed by atoms with Gasteiger partial charge in [0.25, 0.3) is 0 Å². The van der Waals surface area contributed by atoms with Gasteiger partial charge in [0.15, 0.2) is 0 Å². The Morgan fingerprint density at radius 3 is 3.15 bits per heavy atom. The molecule has 4 heteroatoms. The Balaban J connectivity index is 1.75. The van der Waals surface area contributed by atoms with Gasteiger partial charge in [-0.3, -0.25) is 4.79 Å². The van der Waals surface area contributed by atoms with E-state index in [9.17, 15) is 4.79 Å². The van der Waals surface area contributed by atoms with Gasteiger partial charge in [-0.25, -0.2) is 0 Å². The summed E-state index contributed by atoms with van der Waals surface area (Å²) >= 11 is 0. The van der Waals surface area contributed by atoms with E-state index >= 15 is 0 Å². The lowest BCUT2D eigenvalue weighted by atomic mass is 9.94. The van der Waals surface area contributed by atoms with Crippen molar-refractivity contribution in [3.8, 4) is 0 Å². The van der Waals surface area contributed by atoms with Gasteiger partial charge in [0.2, 0.25) is 5.91 Å². The van der Waals surface area contributed by atoms with Gasteiger partial charge in [-0.15, -0.1) is 0 Å². The van der Waals surface area contributed by atoms with E-state index in [1.165, 1.54) is 11.1 Å². The average molecular weight is 274 g/mol. The number of ether oxygens (including phenoxy) is 1. The third-order valence-electron chi connectivity index (χ3n) is 4.54. The molecule has 4 nitrogen and oxygen atoms in total. The minimum Gasteiger partial charge on any atom is -0.398 e. The highest BCUT2D eigenvalue weighted by Gasteiger charge is 2.36. The Bertz CT molecular complexity index is 515. The van der Waals surface area contributed by atoms with E-state index in [-0.39, 0.29) is 17.9 Å². The Kier molecular flexibility index (Phi) is 3.66. The molecule has 2 unspecified atom stereocenters. The van der Waals surface area contributed by atoms with Crippen LogP contribution in [0.25, 0.3) is 0 Å². The minimum atomic E-state index is 0.0441. The molecular weight excluding hydrogens is 252 g/mol. The molecule has 2 aliphatic rings. The zero-order valence-corrected chi connectivity index (χ0v) is 12.0. The first-order chi connectivity index (χ1) is 9.70. The normalized spacial score (nSPS) is 25.6. The summed E-state index contributed by atoms with van der Waals surface area (Å²) in [5.74, 6) is 0.296. The van der Waals surface area contributed by atoms with Crippen LogP contribution in [0.15, 0.2) is 18.2 Å². The van der Waals surface area contributed by atoms with Crippen molar-refractivity contribution in [1.82, 2.24) is 4.90 Å². The van der Waals surface area contributed by atoms with Crippen LogP contribution in [0.5, 0.6) is 0 Å². The van der Waals surface area contributed by atoms with Crippen molar-refractivity contribution in [3.63, 3.8) is 0 Å². The van der Waals surface area contributed by atoms with Crippen molar-refractivity contribution in [2.24, 2.45) is 5.92 Å². The summed E-state index contributed by atoms with van der Waals surface area (Å²) in [6.07, 6.45) is 2.73. The van der Waals surface area contributed by atoms with E-state index in [1.807, 2.05) is 17.0 Å². The summed E-state index contributed by atoms with van der Waals surface area (Å²) in [7, 11) is 0. The maximum Gasteiger partial charge on any atom is 0.228 e. The van der Waals surface area contributed by atoms with Gasteiger partial charge in [0.1, 0.15) is 0 Å². The molecule has 0 radical (unpaired) electrons. The zero-order chi connectivity index (χ0) is 14.1. The Hall–Kier alpha value is -1.55. The quantitative estimate of drug-likeness (QED) is 0.839. The van der Waals surface area contributed by atoms with Crippen LogP contribution in [0.2, 0.25) is 0 Å². The summed E-state index contributed by atoms with van der Waals surface area (Å²) < 4.78 is 5.65. The highest BCUT2D eigenvalue weighted by atomic mass is 16.5. The topological polar surface area (TPSA) is 55.6 Å². The molecule has 1 aromatic carbocycles. The van der Waals surface area contributed by atoms with Crippen LogP contribution in [0.4, 0.5) is 5.69 Å². The Morgan fingerprint density at radius 2 is 2.35 bits per heavy atom. The fraction of sp³-hybridized carbons (Fsp3) is 0.562. The van der Waals surface area contributed by atoms with Gasteiger partial charge in [-0.05, 0) is 36.5 Å². The predicted molar refractivity (Wildman–Crippen MR) is 78.1 cm³/mol. The number of benzene rings is 1. The fourth-order valence-corrected chi connectivity index (χ4v) is 3.39. The molecule has 0 aliphatic carbocycles. The number of carbonyl (C=O) groups is 1. The summed E-state index contributed by atoms with van der Waals surface area (Å²) in [6, 6.07) is 5.98. The monoisotopic (exact) mass is 274 g/mol. The zero-order valence-electron chi connectivity index (χ0n) is 12.0. The molecular formula is C16H22N2O2. The number of fused-ring (bicyclic) bond motifs is 1. The molecule has 0 spiro atoms. The van der Waals surface area contributed by atoms with E-state index in [0.717, 1.165) is 31.5 Å². The molecule has 1 amide bonds. The first-order valence-corrected chi connectivity index (χ1v) is 7.47. The molecule has 3 rings (SSSR count). The molecule has 20 heavy (non-hydrogen) atoms.